The first-order chi connectivity index (χ1) is 15.0. The van der Waals surface area contributed by atoms with Gasteiger partial charge in [0.2, 0.25) is 0 Å². The number of nitrogens with zero attached hydrogens (tertiary/aromatic N) is 1. The number of hydrogen-bond donors (Lipinski definition) is 4. The highest BCUT2D eigenvalue weighted by Gasteiger charge is 2.12. The second kappa shape index (κ2) is 12.5. The van der Waals surface area contributed by atoms with Crippen LogP contribution >= 0.6 is 24.0 Å². The van der Waals surface area contributed by atoms with Gasteiger partial charge in [0, 0.05) is 36.3 Å². The van der Waals surface area contributed by atoms with E-state index in [0.29, 0.717) is 36.1 Å². The van der Waals surface area contributed by atoms with E-state index in [0.717, 1.165) is 22.9 Å². The number of aromatic amines is 1. The molecule has 3 aromatic rings. The average Bonchev–Trinajstić information content (AvgIpc) is 3.18. The topological polar surface area (TPSA) is 90.9 Å². The molecule has 2 aromatic carbocycles. The summed E-state index contributed by atoms with van der Waals surface area (Å²) in [6, 6.07) is 10.0. The van der Waals surface area contributed by atoms with Crippen LogP contribution in [0, 0.1) is 5.82 Å². The van der Waals surface area contributed by atoms with E-state index in [1.165, 1.54) is 12.1 Å². The summed E-state index contributed by atoms with van der Waals surface area (Å²) in [7, 11) is 3.14. The maximum atomic E-state index is 13.4. The molecule has 1 unspecified atom stereocenters. The lowest BCUT2D eigenvalue weighted by molar-refractivity contribution is 0.186. The van der Waals surface area contributed by atoms with Crippen LogP contribution in [0.4, 0.5) is 4.39 Å². The molecule has 0 aliphatic heterocycles. The lowest BCUT2D eigenvalue weighted by Gasteiger charge is -2.15. The van der Waals surface area contributed by atoms with E-state index in [2.05, 4.69) is 20.6 Å². The van der Waals surface area contributed by atoms with Crippen molar-refractivity contribution in [2.45, 2.75) is 19.4 Å². The first-order valence-corrected chi connectivity index (χ1v) is 10.2. The van der Waals surface area contributed by atoms with Crippen molar-refractivity contribution in [1.82, 2.24) is 15.6 Å². The molecule has 1 atom stereocenters. The summed E-state index contributed by atoms with van der Waals surface area (Å²) in [4.78, 5) is 7.60. The fourth-order valence-electron chi connectivity index (χ4n) is 3.33. The Hall–Kier alpha value is -2.53. The third kappa shape index (κ3) is 6.73. The molecule has 1 aromatic heterocycles. The molecular weight excluding hydrogens is 526 g/mol. The van der Waals surface area contributed by atoms with Crippen LogP contribution in [-0.2, 0) is 6.42 Å². The van der Waals surface area contributed by atoms with Crippen molar-refractivity contribution in [3.05, 3.63) is 59.5 Å². The summed E-state index contributed by atoms with van der Waals surface area (Å²) in [5, 5.41) is 18.1. The van der Waals surface area contributed by atoms with Gasteiger partial charge in [-0.2, -0.15) is 0 Å². The number of aliphatic hydroxyl groups excluding tert-OH is 1. The third-order valence-corrected chi connectivity index (χ3v) is 4.94. The van der Waals surface area contributed by atoms with E-state index in [-0.39, 0.29) is 36.3 Å². The molecule has 0 amide bonds. The van der Waals surface area contributed by atoms with Crippen LogP contribution < -0.4 is 20.1 Å². The van der Waals surface area contributed by atoms with Crippen LogP contribution in [0.3, 0.4) is 0 Å². The van der Waals surface area contributed by atoms with Crippen LogP contribution in [-0.4, -0.2) is 49.9 Å². The number of guanidine groups is 1. The Morgan fingerprint density at radius 3 is 2.50 bits per heavy atom. The van der Waals surface area contributed by atoms with Crippen molar-refractivity contribution in [2.24, 2.45) is 4.99 Å². The molecule has 0 aliphatic carbocycles. The monoisotopic (exact) mass is 556 g/mol. The standard InChI is InChI=1S/C23H29FN4O3.HI/c1-4-25-23(26-8-7-15-13-27-21-11-17(24)5-6-20(15)21)28-14-22(29)16-9-18(30-2)12-19(10-16)31-3;/h5-6,9-13,22,27,29H,4,7-8,14H2,1-3H3,(H2,25,26,28);1H. The molecule has 0 saturated carbocycles. The summed E-state index contributed by atoms with van der Waals surface area (Å²) >= 11 is 0. The fraction of sp³-hybridized carbons (Fsp3) is 0.348. The van der Waals surface area contributed by atoms with Gasteiger partial charge in [0.05, 0.1) is 26.9 Å². The van der Waals surface area contributed by atoms with Crippen LogP contribution in [0.2, 0.25) is 0 Å². The zero-order valence-electron chi connectivity index (χ0n) is 18.4. The van der Waals surface area contributed by atoms with Crippen LogP contribution in [0.1, 0.15) is 24.2 Å². The van der Waals surface area contributed by atoms with E-state index in [9.17, 15) is 9.50 Å². The summed E-state index contributed by atoms with van der Waals surface area (Å²) in [5.41, 5.74) is 2.55. The highest BCUT2D eigenvalue weighted by molar-refractivity contribution is 14.0. The lowest BCUT2D eigenvalue weighted by atomic mass is 10.1. The fourth-order valence-corrected chi connectivity index (χ4v) is 3.33. The molecule has 174 valence electrons. The molecule has 0 fully saturated rings. The molecule has 0 bridgehead atoms. The van der Waals surface area contributed by atoms with Gasteiger partial charge >= 0.3 is 0 Å². The summed E-state index contributed by atoms with van der Waals surface area (Å²) in [5.74, 6) is 1.58. The Morgan fingerprint density at radius 2 is 1.84 bits per heavy atom. The lowest BCUT2D eigenvalue weighted by Crippen LogP contribution is -2.38. The number of aliphatic imine (C=N–C) groups is 1. The Bertz CT molecular complexity index is 1020. The van der Waals surface area contributed by atoms with Crippen LogP contribution in [0.15, 0.2) is 47.6 Å². The second-order valence-electron chi connectivity index (χ2n) is 7.06. The maximum Gasteiger partial charge on any atom is 0.191 e. The predicted octanol–water partition coefficient (Wildman–Crippen LogP) is 3.77. The minimum absolute atomic E-state index is 0. The van der Waals surface area contributed by atoms with Gasteiger partial charge < -0.3 is 30.2 Å². The van der Waals surface area contributed by atoms with Crippen LogP contribution in [0.5, 0.6) is 11.5 Å². The van der Waals surface area contributed by atoms with Gasteiger partial charge in [0.1, 0.15) is 17.3 Å². The summed E-state index contributed by atoms with van der Waals surface area (Å²) < 4.78 is 23.9. The maximum absolute atomic E-state index is 13.4. The van der Waals surface area contributed by atoms with Gasteiger partial charge in [0.25, 0.3) is 0 Å². The van der Waals surface area contributed by atoms with E-state index in [1.807, 2.05) is 13.1 Å². The molecule has 0 spiro atoms. The van der Waals surface area contributed by atoms with Gasteiger partial charge in [-0.1, -0.05) is 0 Å². The van der Waals surface area contributed by atoms with Crippen molar-refractivity contribution in [3.63, 3.8) is 0 Å². The van der Waals surface area contributed by atoms with Crippen molar-refractivity contribution in [1.29, 1.82) is 0 Å². The van der Waals surface area contributed by atoms with Crippen molar-refractivity contribution < 1.29 is 19.0 Å². The number of rotatable bonds is 9. The number of aliphatic hydroxyl groups is 1. The molecule has 9 heteroatoms. The first kappa shape index (κ1) is 25.7. The third-order valence-electron chi connectivity index (χ3n) is 4.94. The Morgan fingerprint density at radius 1 is 1.12 bits per heavy atom. The van der Waals surface area contributed by atoms with E-state index in [1.54, 1.807) is 38.5 Å². The van der Waals surface area contributed by atoms with Gasteiger partial charge in [-0.25, -0.2) is 4.39 Å². The molecule has 1 heterocycles. The normalized spacial score (nSPS) is 12.2. The molecule has 4 N–H and O–H groups in total. The van der Waals surface area contributed by atoms with E-state index in [4.69, 9.17) is 9.47 Å². The largest absolute Gasteiger partial charge is 0.497 e. The molecule has 0 aliphatic rings. The summed E-state index contributed by atoms with van der Waals surface area (Å²) in [6.07, 6.45) is 1.84. The smallest absolute Gasteiger partial charge is 0.191 e. The first-order valence-electron chi connectivity index (χ1n) is 10.2. The van der Waals surface area contributed by atoms with Crippen molar-refractivity contribution >= 4 is 40.8 Å². The SMILES string of the molecule is CCNC(=NCC(O)c1cc(OC)cc(OC)c1)NCCc1c[nH]c2cc(F)ccc12.I. The summed E-state index contributed by atoms with van der Waals surface area (Å²) in [6.45, 7) is 3.49. The number of ether oxygens (including phenoxy) is 2. The molecule has 3 rings (SSSR count). The Balaban J connectivity index is 0.00000363. The zero-order valence-corrected chi connectivity index (χ0v) is 20.8. The molecular formula is C23H30FIN4O3. The zero-order chi connectivity index (χ0) is 22.2. The number of benzene rings is 2. The van der Waals surface area contributed by atoms with E-state index >= 15 is 0 Å². The van der Waals surface area contributed by atoms with Gasteiger partial charge in [-0.05, 0) is 54.8 Å². The number of nitrogens with one attached hydrogen (secondary N) is 3. The Kier molecular flexibility index (Phi) is 10.0. The van der Waals surface area contributed by atoms with Crippen molar-refractivity contribution in [3.8, 4) is 11.5 Å². The number of H-pyrrole nitrogens is 1. The molecule has 0 saturated heterocycles. The second-order valence-corrected chi connectivity index (χ2v) is 7.06. The number of methoxy groups -OCH3 is 2. The molecule has 32 heavy (non-hydrogen) atoms. The van der Waals surface area contributed by atoms with Crippen molar-refractivity contribution in [2.75, 3.05) is 33.9 Å². The quantitative estimate of drug-likeness (QED) is 0.183. The number of aromatic nitrogens is 1. The van der Waals surface area contributed by atoms with Crippen LogP contribution in [0.25, 0.3) is 10.9 Å². The average molecular weight is 556 g/mol. The minimum Gasteiger partial charge on any atom is -0.497 e. The number of halogens is 2. The van der Waals surface area contributed by atoms with Gasteiger partial charge in [-0.3, -0.25) is 4.99 Å². The number of hydrogen-bond acceptors (Lipinski definition) is 4. The van der Waals surface area contributed by atoms with Gasteiger partial charge in [0.15, 0.2) is 5.96 Å². The number of fused-ring (bicyclic) bond motifs is 1. The van der Waals surface area contributed by atoms with Gasteiger partial charge in [-0.15, -0.1) is 24.0 Å². The highest BCUT2D eigenvalue weighted by atomic mass is 127. The highest BCUT2D eigenvalue weighted by Crippen LogP contribution is 2.26. The van der Waals surface area contributed by atoms with E-state index < -0.39 is 6.10 Å². The molecule has 7 nitrogen and oxygen atoms in total. The minimum atomic E-state index is -0.803. The predicted molar refractivity (Wildman–Crippen MR) is 136 cm³/mol. The Labute approximate surface area is 204 Å². The molecule has 0 radical (unpaired) electrons.